The largest absolute Gasteiger partial charge is 0.296 e. The summed E-state index contributed by atoms with van der Waals surface area (Å²) in [5.41, 5.74) is 3.59. The van der Waals surface area contributed by atoms with Crippen molar-refractivity contribution in [2.75, 3.05) is 7.05 Å². The molecule has 0 aliphatic heterocycles. The number of hydrogen-bond donors (Lipinski definition) is 0. The van der Waals surface area contributed by atoms with Crippen LogP contribution in [0.3, 0.4) is 0 Å². The number of hydrogen-bond acceptors (Lipinski definition) is 1. The minimum atomic E-state index is 1.16. The Morgan fingerprint density at radius 1 is 1.33 bits per heavy atom. The van der Waals surface area contributed by atoms with Gasteiger partial charge in [0, 0.05) is 13.3 Å². The summed E-state index contributed by atoms with van der Waals surface area (Å²) < 4.78 is 0. The van der Waals surface area contributed by atoms with Crippen molar-refractivity contribution in [3.63, 3.8) is 0 Å². The fourth-order valence-electron chi connectivity index (χ4n) is 0.908. The van der Waals surface area contributed by atoms with E-state index < -0.39 is 0 Å². The normalized spacial score (nSPS) is 14.8. The lowest BCUT2D eigenvalue weighted by Crippen LogP contribution is -1.89. The average molecular weight is 163 g/mol. The SMILES string of the molecule is C=C/C(C)=C(C)/C(/C=N\C)=C/C. The summed E-state index contributed by atoms with van der Waals surface area (Å²) >= 11 is 0. The molecule has 0 aliphatic rings. The van der Waals surface area contributed by atoms with Crippen LogP contribution >= 0.6 is 0 Å². The summed E-state index contributed by atoms with van der Waals surface area (Å²) in [5.74, 6) is 0. The summed E-state index contributed by atoms with van der Waals surface area (Å²) in [6, 6.07) is 0. The number of nitrogens with zero attached hydrogens (tertiary/aromatic N) is 1. The fraction of sp³-hybridized carbons (Fsp3) is 0.364. The van der Waals surface area contributed by atoms with E-state index in [9.17, 15) is 0 Å². The molecule has 0 aromatic carbocycles. The second-order valence-corrected chi connectivity index (χ2v) is 2.64. The molecule has 0 aromatic rings. The maximum atomic E-state index is 3.98. The van der Waals surface area contributed by atoms with Crippen molar-refractivity contribution in [2.45, 2.75) is 20.8 Å². The zero-order chi connectivity index (χ0) is 9.56. The van der Waals surface area contributed by atoms with Crippen LogP contribution in [0.5, 0.6) is 0 Å². The molecule has 0 amide bonds. The van der Waals surface area contributed by atoms with Crippen molar-refractivity contribution in [3.05, 3.63) is 35.5 Å². The summed E-state index contributed by atoms with van der Waals surface area (Å²) in [5, 5.41) is 0. The quantitative estimate of drug-likeness (QED) is 0.447. The highest BCUT2D eigenvalue weighted by Crippen LogP contribution is 2.12. The molecule has 0 rings (SSSR count). The molecular weight excluding hydrogens is 146 g/mol. The predicted molar refractivity (Wildman–Crippen MR) is 56.7 cm³/mol. The molecule has 0 atom stereocenters. The smallest absolute Gasteiger partial charge is 0.0280 e. The maximum absolute atomic E-state index is 3.98. The van der Waals surface area contributed by atoms with Crippen molar-refractivity contribution in [1.29, 1.82) is 0 Å². The molecule has 12 heavy (non-hydrogen) atoms. The van der Waals surface area contributed by atoms with Gasteiger partial charge in [-0.25, -0.2) is 0 Å². The fourth-order valence-corrected chi connectivity index (χ4v) is 0.908. The van der Waals surface area contributed by atoms with Gasteiger partial charge in [0.25, 0.3) is 0 Å². The Morgan fingerprint density at radius 2 is 1.92 bits per heavy atom. The molecule has 66 valence electrons. The zero-order valence-corrected chi connectivity index (χ0v) is 8.39. The van der Waals surface area contributed by atoms with E-state index in [1.54, 1.807) is 7.05 Å². The lowest BCUT2D eigenvalue weighted by Gasteiger charge is -2.03. The first-order valence-corrected chi connectivity index (χ1v) is 4.06. The summed E-state index contributed by atoms with van der Waals surface area (Å²) in [6.45, 7) is 9.87. The second-order valence-electron chi connectivity index (χ2n) is 2.64. The van der Waals surface area contributed by atoms with E-state index in [1.165, 1.54) is 11.1 Å². The van der Waals surface area contributed by atoms with Crippen LogP contribution in [0.15, 0.2) is 40.4 Å². The van der Waals surface area contributed by atoms with Gasteiger partial charge < -0.3 is 0 Å². The molecule has 0 fully saturated rings. The van der Waals surface area contributed by atoms with Crippen LogP contribution in [-0.4, -0.2) is 13.3 Å². The molecule has 0 saturated heterocycles. The predicted octanol–water partition coefficient (Wildman–Crippen LogP) is 3.16. The second kappa shape index (κ2) is 5.53. The van der Waals surface area contributed by atoms with Crippen molar-refractivity contribution in [1.82, 2.24) is 0 Å². The molecular formula is C11H17N. The van der Waals surface area contributed by atoms with Crippen molar-refractivity contribution in [3.8, 4) is 0 Å². The molecule has 1 nitrogen and oxygen atoms in total. The Hall–Kier alpha value is -1.11. The van der Waals surface area contributed by atoms with Gasteiger partial charge >= 0.3 is 0 Å². The Balaban J connectivity index is 4.89. The molecule has 0 N–H and O–H groups in total. The summed E-state index contributed by atoms with van der Waals surface area (Å²) in [6.07, 6.45) is 5.78. The van der Waals surface area contributed by atoms with Gasteiger partial charge in [0.15, 0.2) is 0 Å². The Morgan fingerprint density at radius 3 is 2.25 bits per heavy atom. The first-order chi connectivity index (χ1) is 5.67. The summed E-state index contributed by atoms with van der Waals surface area (Å²) in [4.78, 5) is 3.98. The van der Waals surface area contributed by atoms with Gasteiger partial charge in [-0.05, 0) is 37.5 Å². The standard InChI is InChI=1S/C11H17N/c1-6-9(3)10(4)11(7-2)8-12-5/h6-8H,1H2,2-5H3/b10-9+,11-7+,12-8-. The highest BCUT2D eigenvalue weighted by atomic mass is 14.6. The molecule has 0 spiro atoms. The van der Waals surface area contributed by atoms with E-state index in [0.29, 0.717) is 0 Å². The minimum absolute atomic E-state index is 1.16. The monoisotopic (exact) mass is 163 g/mol. The number of rotatable bonds is 3. The third-order valence-electron chi connectivity index (χ3n) is 1.91. The van der Waals surface area contributed by atoms with E-state index in [4.69, 9.17) is 0 Å². The lowest BCUT2D eigenvalue weighted by molar-refractivity contribution is 1.33. The first-order valence-electron chi connectivity index (χ1n) is 4.06. The van der Waals surface area contributed by atoms with E-state index in [2.05, 4.69) is 31.5 Å². The molecule has 0 aliphatic carbocycles. The highest BCUT2D eigenvalue weighted by Gasteiger charge is 1.96. The van der Waals surface area contributed by atoms with Crippen LogP contribution < -0.4 is 0 Å². The average Bonchev–Trinajstić information content (AvgIpc) is 2.11. The number of aliphatic imine (C=N–C) groups is 1. The van der Waals surface area contributed by atoms with Crippen LogP contribution in [0.2, 0.25) is 0 Å². The Labute approximate surface area is 75.2 Å². The minimum Gasteiger partial charge on any atom is -0.296 e. The molecule has 1 heteroatoms. The highest BCUT2D eigenvalue weighted by molar-refractivity contribution is 5.84. The molecule has 0 radical (unpaired) electrons. The van der Waals surface area contributed by atoms with Gasteiger partial charge in [-0.15, -0.1) is 0 Å². The third kappa shape index (κ3) is 2.87. The molecule has 0 unspecified atom stereocenters. The van der Waals surface area contributed by atoms with Crippen LogP contribution in [0.25, 0.3) is 0 Å². The Bertz CT molecular complexity index is 242. The molecule has 0 bridgehead atoms. The van der Waals surface area contributed by atoms with Crippen LogP contribution in [0, 0.1) is 0 Å². The van der Waals surface area contributed by atoms with E-state index in [0.717, 1.165) is 5.57 Å². The van der Waals surface area contributed by atoms with Crippen molar-refractivity contribution < 1.29 is 0 Å². The van der Waals surface area contributed by atoms with E-state index >= 15 is 0 Å². The summed E-state index contributed by atoms with van der Waals surface area (Å²) in [7, 11) is 1.78. The lowest BCUT2D eigenvalue weighted by atomic mass is 10.0. The first kappa shape index (κ1) is 10.9. The van der Waals surface area contributed by atoms with Gasteiger partial charge in [0.05, 0.1) is 0 Å². The third-order valence-corrected chi connectivity index (χ3v) is 1.91. The maximum Gasteiger partial charge on any atom is 0.0280 e. The van der Waals surface area contributed by atoms with Crippen LogP contribution in [0.1, 0.15) is 20.8 Å². The van der Waals surface area contributed by atoms with E-state index in [1.807, 2.05) is 19.2 Å². The van der Waals surface area contributed by atoms with Crippen LogP contribution in [-0.2, 0) is 0 Å². The Kier molecular flexibility index (Phi) is 5.02. The molecule has 0 heterocycles. The van der Waals surface area contributed by atoms with Gasteiger partial charge in [-0.3, -0.25) is 4.99 Å². The topological polar surface area (TPSA) is 12.4 Å². The van der Waals surface area contributed by atoms with Gasteiger partial charge in [0.1, 0.15) is 0 Å². The molecule has 0 aromatic heterocycles. The van der Waals surface area contributed by atoms with Crippen molar-refractivity contribution in [2.24, 2.45) is 4.99 Å². The molecule has 0 saturated carbocycles. The zero-order valence-electron chi connectivity index (χ0n) is 8.39. The van der Waals surface area contributed by atoms with Gasteiger partial charge in [-0.2, -0.15) is 0 Å². The van der Waals surface area contributed by atoms with Crippen molar-refractivity contribution >= 4 is 6.21 Å². The number of allylic oxidation sites excluding steroid dienone is 5. The van der Waals surface area contributed by atoms with Crippen LogP contribution in [0.4, 0.5) is 0 Å². The van der Waals surface area contributed by atoms with E-state index in [-0.39, 0.29) is 0 Å². The van der Waals surface area contributed by atoms with Gasteiger partial charge in [-0.1, -0.05) is 18.7 Å². The van der Waals surface area contributed by atoms with Gasteiger partial charge in [0.2, 0.25) is 0 Å².